The van der Waals surface area contributed by atoms with Crippen LogP contribution >= 0.6 is 11.3 Å². The van der Waals surface area contributed by atoms with Gasteiger partial charge >= 0.3 is 0 Å². The molecule has 1 N–H and O–H groups in total. The van der Waals surface area contributed by atoms with Crippen molar-refractivity contribution in [3.63, 3.8) is 0 Å². The summed E-state index contributed by atoms with van der Waals surface area (Å²) in [6.45, 7) is 5.10. The molecule has 1 aliphatic heterocycles. The maximum atomic E-state index is 12.1. The van der Waals surface area contributed by atoms with Gasteiger partial charge in [-0.3, -0.25) is 4.79 Å². The van der Waals surface area contributed by atoms with E-state index >= 15 is 0 Å². The van der Waals surface area contributed by atoms with Crippen molar-refractivity contribution in [2.75, 3.05) is 6.61 Å². The van der Waals surface area contributed by atoms with Crippen molar-refractivity contribution in [3.05, 3.63) is 39.4 Å². The van der Waals surface area contributed by atoms with Gasteiger partial charge < -0.3 is 10.1 Å². The molecule has 0 aromatic carbocycles. The Hall–Kier alpha value is -1.86. The summed E-state index contributed by atoms with van der Waals surface area (Å²) in [6, 6.07) is 0. The molecular weight excluding hydrogens is 324 g/mol. The quantitative estimate of drug-likeness (QED) is 0.900. The minimum Gasteiger partial charge on any atom is -0.370 e. The lowest BCUT2D eigenvalue weighted by molar-refractivity contribution is -0.120. The second kappa shape index (κ2) is 7.81. The molecular formula is C17H22N4O2S. The van der Waals surface area contributed by atoms with Crippen LogP contribution in [0.4, 0.5) is 0 Å². The van der Waals surface area contributed by atoms with E-state index in [1.165, 1.54) is 0 Å². The van der Waals surface area contributed by atoms with E-state index in [0.29, 0.717) is 13.0 Å². The molecule has 0 bridgehead atoms. The second-order valence-corrected chi connectivity index (χ2v) is 7.29. The Morgan fingerprint density at radius 2 is 2.12 bits per heavy atom. The summed E-state index contributed by atoms with van der Waals surface area (Å²) in [4.78, 5) is 26.2. The topological polar surface area (TPSA) is 77.0 Å². The normalized spacial score (nSPS) is 17.7. The molecule has 128 valence electrons. The first-order chi connectivity index (χ1) is 11.6. The molecule has 1 aliphatic rings. The average Bonchev–Trinajstić information content (AvgIpc) is 2.91. The Bertz CT molecular complexity index is 693. The maximum absolute atomic E-state index is 12.1. The summed E-state index contributed by atoms with van der Waals surface area (Å²) < 4.78 is 5.68. The fraction of sp³-hybridized carbons (Fsp3) is 0.529. The zero-order chi connectivity index (χ0) is 16.9. The number of carbonyl (C=O) groups excluding carboxylic acids is 1. The van der Waals surface area contributed by atoms with Gasteiger partial charge in [-0.05, 0) is 33.1 Å². The van der Waals surface area contributed by atoms with E-state index < -0.39 is 0 Å². The van der Waals surface area contributed by atoms with Crippen LogP contribution in [-0.4, -0.2) is 27.5 Å². The number of hydrogen-bond donors (Lipinski definition) is 1. The van der Waals surface area contributed by atoms with Crippen LogP contribution in [-0.2, 0) is 22.5 Å². The first-order valence-corrected chi connectivity index (χ1v) is 9.05. The lowest BCUT2D eigenvalue weighted by Gasteiger charge is -2.21. The molecule has 0 aliphatic carbocycles. The number of thiazole rings is 1. The van der Waals surface area contributed by atoms with E-state index in [-0.39, 0.29) is 12.0 Å². The summed E-state index contributed by atoms with van der Waals surface area (Å²) >= 11 is 1.57. The first-order valence-electron chi connectivity index (χ1n) is 8.24. The van der Waals surface area contributed by atoms with Crippen molar-refractivity contribution >= 4 is 17.2 Å². The van der Waals surface area contributed by atoms with Crippen LogP contribution in [0.2, 0.25) is 0 Å². The van der Waals surface area contributed by atoms with Gasteiger partial charge in [0.05, 0.1) is 17.1 Å². The summed E-state index contributed by atoms with van der Waals surface area (Å²) in [7, 11) is 0. The van der Waals surface area contributed by atoms with Crippen molar-refractivity contribution in [1.82, 2.24) is 20.3 Å². The van der Waals surface area contributed by atoms with E-state index in [1.807, 2.05) is 13.8 Å². The van der Waals surface area contributed by atoms with E-state index in [0.717, 1.165) is 52.8 Å². The molecule has 1 amide bonds. The average molecular weight is 346 g/mol. The predicted molar refractivity (Wildman–Crippen MR) is 91.7 cm³/mol. The molecule has 6 nitrogen and oxygen atoms in total. The van der Waals surface area contributed by atoms with Crippen LogP contribution < -0.4 is 5.32 Å². The summed E-state index contributed by atoms with van der Waals surface area (Å²) in [5.74, 6) is 0.724. The third-order valence-electron chi connectivity index (χ3n) is 4.00. The fourth-order valence-corrected chi connectivity index (χ4v) is 3.65. The van der Waals surface area contributed by atoms with Crippen molar-refractivity contribution in [2.24, 2.45) is 0 Å². The lowest BCUT2D eigenvalue weighted by atomic mass is 10.1. The highest BCUT2D eigenvalue weighted by Crippen LogP contribution is 2.24. The van der Waals surface area contributed by atoms with Crippen LogP contribution in [0.3, 0.4) is 0 Å². The van der Waals surface area contributed by atoms with Crippen molar-refractivity contribution in [3.8, 4) is 0 Å². The van der Waals surface area contributed by atoms with Gasteiger partial charge in [-0.2, -0.15) is 0 Å². The van der Waals surface area contributed by atoms with Crippen LogP contribution in [0.25, 0.3) is 0 Å². The zero-order valence-corrected chi connectivity index (χ0v) is 14.9. The maximum Gasteiger partial charge on any atom is 0.225 e. The Morgan fingerprint density at radius 3 is 2.75 bits per heavy atom. The van der Waals surface area contributed by atoms with Crippen molar-refractivity contribution < 1.29 is 9.53 Å². The molecule has 3 heterocycles. The molecule has 0 radical (unpaired) electrons. The number of rotatable bonds is 5. The monoisotopic (exact) mass is 346 g/mol. The number of ether oxygens (including phenoxy) is 1. The number of hydrogen-bond acceptors (Lipinski definition) is 6. The number of carbonyl (C=O) groups is 1. The van der Waals surface area contributed by atoms with Gasteiger partial charge in [0.25, 0.3) is 0 Å². The van der Waals surface area contributed by atoms with Gasteiger partial charge in [0, 0.05) is 36.0 Å². The van der Waals surface area contributed by atoms with Gasteiger partial charge in [-0.1, -0.05) is 0 Å². The van der Waals surface area contributed by atoms with Crippen LogP contribution in [0.1, 0.15) is 52.3 Å². The van der Waals surface area contributed by atoms with Gasteiger partial charge in [0.15, 0.2) is 5.82 Å². The van der Waals surface area contributed by atoms with Gasteiger partial charge in [-0.15, -0.1) is 11.3 Å². The first kappa shape index (κ1) is 17.0. The molecule has 0 unspecified atom stereocenters. The van der Waals surface area contributed by atoms with Crippen LogP contribution in [0.5, 0.6) is 0 Å². The summed E-state index contributed by atoms with van der Waals surface area (Å²) in [5, 5.41) is 3.90. The predicted octanol–water partition coefficient (Wildman–Crippen LogP) is 2.65. The summed E-state index contributed by atoms with van der Waals surface area (Å²) in [5.41, 5.74) is 1.83. The number of nitrogens with zero attached hydrogens (tertiary/aromatic N) is 3. The Morgan fingerprint density at radius 1 is 1.33 bits per heavy atom. The third kappa shape index (κ3) is 4.36. The molecule has 24 heavy (non-hydrogen) atoms. The standard InChI is InChI=1S/C17H22N4O2S/c1-11-15(24-12(2)21-11)7-16(22)18-8-13-9-19-17(20-10-13)14-5-3-4-6-23-14/h9-10,14H,3-8H2,1-2H3,(H,18,22)/t14-/m1/s1. The van der Waals surface area contributed by atoms with E-state index in [2.05, 4.69) is 20.3 Å². The van der Waals surface area contributed by atoms with E-state index in [4.69, 9.17) is 4.74 Å². The molecule has 1 saturated heterocycles. The lowest BCUT2D eigenvalue weighted by Crippen LogP contribution is -2.24. The molecule has 1 fully saturated rings. The fourth-order valence-electron chi connectivity index (χ4n) is 2.71. The Kier molecular flexibility index (Phi) is 5.52. The number of amides is 1. The minimum absolute atomic E-state index is 0.0126. The number of aryl methyl sites for hydroxylation is 2. The van der Waals surface area contributed by atoms with Crippen LogP contribution in [0, 0.1) is 13.8 Å². The highest BCUT2D eigenvalue weighted by Gasteiger charge is 2.18. The van der Waals surface area contributed by atoms with Gasteiger partial charge in [0.2, 0.25) is 5.91 Å². The Balaban J connectivity index is 1.50. The van der Waals surface area contributed by atoms with Gasteiger partial charge in [-0.25, -0.2) is 15.0 Å². The largest absolute Gasteiger partial charge is 0.370 e. The minimum atomic E-state index is -0.0126. The SMILES string of the molecule is Cc1nc(C)c(CC(=O)NCc2cnc([C@H]3CCCCO3)nc2)s1. The number of aromatic nitrogens is 3. The van der Waals surface area contributed by atoms with Gasteiger partial charge in [0.1, 0.15) is 6.10 Å². The molecule has 3 rings (SSSR count). The summed E-state index contributed by atoms with van der Waals surface area (Å²) in [6.07, 6.45) is 7.16. The van der Waals surface area contributed by atoms with Crippen molar-refractivity contribution in [1.29, 1.82) is 0 Å². The second-order valence-electron chi connectivity index (χ2n) is 6.00. The van der Waals surface area contributed by atoms with E-state index in [9.17, 15) is 4.79 Å². The number of nitrogens with one attached hydrogen (secondary N) is 1. The molecule has 0 saturated carbocycles. The third-order valence-corrected chi connectivity index (χ3v) is 5.08. The molecule has 1 atom stereocenters. The van der Waals surface area contributed by atoms with Crippen LogP contribution in [0.15, 0.2) is 12.4 Å². The molecule has 2 aromatic heterocycles. The highest BCUT2D eigenvalue weighted by molar-refractivity contribution is 7.11. The van der Waals surface area contributed by atoms with Crippen molar-refractivity contribution in [2.45, 2.75) is 52.2 Å². The Labute approximate surface area is 145 Å². The smallest absolute Gasteiger partial charge is 0.225 e. The molecule has 7 heteroatoms. The zero-order valence-electron chi connectivity index (χ0n) is 14.0. The van der Waals surface area contributed by atoms with E-state index in [1.54, 1.807) is 23.7 Å². The molecule has 2 aromatic rings. The highest BCUT2D eigenvalue weighted by atomic mass is 32.1. The molecule has 0 spiro atoms.